The van der Waals surface area contributed by atoms with Gasteiger partial charge in [-0.3, -0.25) is 4.79 Å². The van der Waals surface area contributed by atoms with Crippen molar-refractivity contribution < 1.29 is 9.28 Å². The lowest BCUT2D eigenvalue weighted by Gasteiger charge is -2.42. The molecule has 1 fully saturated rings. The van der Waals surface area contributed by atoms with Crippen molar-refractivity contribution in [1.82, 2.24) is 4.90 Å². The first-order valence-electron chi connectivity index (χ1n) is 10.3. The molecule has 0 spiro atoms. The minimum atomic E-state index is 0.128. The summed E-state index contributed by atoms with van der Waals surface area (Å²) in [7, 11) is 2.34. The number of unbranched alkanes of at least 4 members (excludes halogenated alkanes) is 1. The van der Waals surface area contributed by atoms with E-state index in [4.69, 9.17) is 0 Å². The van der Waals surface area contributed by atoms with Crippen molar-refractivity contribution in [3.8, 4) is 0 Å². The average molecular weight is 366 g/mol. The number of amides is 1. The second kappa shape index (κ2) is 9.18. The van der Waals surface area contributed by atoms with Crippen LogP contribution in [0.15, 0.2) is 60.7 Å². The minimum Gasteiger partial charge on any atom is -0.331 e. The van der Waals surface area contributed by atoms with Crippen molar-refractivity contribution in [3.63, 3.8) is 0 Å². The summed E-state index contributed by atoms with van der Waals surface area (Å²) in [6.45, 7) is 7.40. The Morgan fingerprint density at radius 3 is 1.96 bits per heavy atom. The predicted octanol–water partition coefficient (Wildman–Crippen LogP) is 4.30. The zero-order chi connectivity index (χ0) is 19.1. The summed E-state index contributed by atoms with van der Waals surface area (Å²) in [4.78, 5) is 15.2. The molecule has 0 aliphatic carbocycles. The number of carbonyl (C=O) groups is 1. The lowest BCUT2D eigenvalue weighted by atomic mass is 9.88. The molecule has 0 N–H and O–H groups in total. The number of rotatable bonds is 7. The fourth-order valence-electron chi connectivity index (χ4n) is 4.06. The number of piperazine rings is 1. The molecule has 0 aromatic heterocycles. The van der Waals surface area contributed by atoms with Gasteiger partial charge in [-0.1, -0.05) is 74.0 Å². The van der Waals surface area contributed by atoms with Crippen LogP contribution in [0, 0.1) is 0 Å². The normalized spacial score (nSPS) is 16.5. The monoisotopic (exact) mass is 365 g/mol. The molecule has 1 aliphatic rings. The Morgan fingerprint density at radius 2 is 1.48 bits per heavy atom. The highest BCUT2D eigenvalue weighted by molar-refractivity contribution is 5.78. The molecule has 0 atom stereocenters. The fourth-order valence-corrected chi connectivity index (χ4v) is 4.06. The van der Waals surface area contributed by atoms with E-state index >= 15 is 0 Å². The van der Waals surface area contributed by atoms with Gasteiger partial charge in [-0.15, -0.1) is 0 Å². The SMILES string of the molecule is CCCC[N+]1(C)CCN(C(=O)CC(c2ccccc2)c2ccccc2)CC1. The van der Waals surface area contributed by atoms with Crippen LogP contribution in [-0.2, 0) is 4.79 Å². The van der Waals surface area contributed by atoms with Gasteiger partial charge in [-0.25, -0.2) is 0 Å². The number of carbonyl (C=O) groups excluding carboxylic acids is 1. The van der Waals surface area contributed by atoms with Crippen molar-refractivity contribution in [3.05, 3.63) is 71.8 Å². The summed E-state index contributed by atoms with van der Waals surface area (Å²) in [5.41, 5.74) is 2.44. The Kier molecular flexibility index (Phi) is 6.68. The van der Waals surface area contributed by atoms with Gasteiger partial charge in [0.05, 0.1) is 39.8 Å². The smallest absolute Gasteiger partial charge is 0.223 e. The van der Waals surface area contributed by atoms with Crippen molar-refractivity contribution in [2.45, 2.75) is 32.1 Å². The molecule has 0 radical (unpaired) electrons. The Balaban J connectivity index is 1.67. The maximum Gasteiger partial charge on any atom is 0.223 e. The summed E-state index contributed by atoms with van der Waals surface area (Å²) >= 11 is 0. The molecule has 3 heteroatoms. The zero-order valence-corrected chi connectivity index (χ0v) is 16.8. The van der Waals surface area contributed by atoms with Crippen LogP contribution in [0.2, 0.25) is 0 Å². The molecular weight excluding hydrogens is 332 g/mol. The van der Waals surface area contributed by atoms with Gasteiger partial charge in [-0.2, -0.15) is 0 Å². The molecule has 1 heterocycles. The standard InChI is InChI=1S/C24H33N2O/c1-3-4-17-26(2)18-15-25(16-19-26)24(27)20-23(21-11-7-5-8-12-21)22-13-9-6-10-14-22/h5-14,23H,3-4,15-20H2,1-2H3/q+1. The molecule has 2 aromatic carbocycles. The summed E-state index contributed by atoms with van der Waals surface area (Å²) < 4.78 is 1.11. The number of hydrogen-bond donors (Lipinski definition) is 0. The maximum absolute atomic E-state index is 13.1. The van der Waals surface area contributed by atoms with Gasteiger partial charge in [0.25, 0.3) is 0 Å². The van der Waals surface area contributed by atoms with Crippen LogP contribution in [0.3, 0.4) is 0 Å². The lowest BCUT2D eigenvalue weighted by molar-refractivity contribution is -0.913. The van der Waals surface area contributed by atoms with Crippen LogP contribution >= 0.6 is 0 Å². The number of nitrogens with zero attached hydrogens (tertiary/aromatic N) is 2. The first-order valence-corrected chi connectivity index (χ1v) is 10.3. The van der Waals surface area contributed by atoms with E-state index in [1.807, 2.05) is 12.1 Å². The highest BCUT2D eigenvalue weighted by Gasteiger charge is 2.31. The van der Waals surface area contributed by atoms with E-state index in [0.29, 0.717) is 6.42 Å². The van der Waals surface area contributed by atoms with Gasteiger partial charge >= 0.3 is 0 Å². The van der Waals surface area contributed by atoms with Crippen LogP contribution in [0.1, 0.15) is 43.2 Å². The third kappa shape index (κ3) is 5.20. The van der Waals surface area contributed by atoms with Crippen LogP contribution in [0.5, 0.6) is 0 Å². The van der Waals surface area contributed by atoms with Crippen molar-refractivity contribution in [2.24, 2.45) is 0 Å². The molecule has 1 aliphatic heterocycles. The largest absolute Gasteiger partial charge is 0.331 e. The van der Waals surface area contributed by atoms with E-state index < -0.39 is 0 Å². The van der Waals surface area contributed by atoms with Crippen LogP contribution < -0.4 is 0 Å². The molecule has 2 aromatic rings. The second-order valence-electron chi connectivity index (χ2n) is 8.10. The fraction of sp³-hybridized carbons (Fsp3) is 0.458. The summed E-state index contributed by atoms with van der Waals surface area (Å²) in [5.74, 6) is 0.414. The van der Waals surface area contributed by atoms with E-state index in [9.17, 15) is 4.79 Å². The van der Waals surface area contributed by atoms with Gasteiger partial charge in [0.15, 0.2) is 0 Å². The Labute approximate surface area is 164 Å². The molecular formula is C24H33N2O+. The van der Waals surface area contributed by atoms with Crippen LogP contribution in [-0.4, -0.2) is 55.1 Å². The molecule has 0 unspecified atom stereocenters. The van der Waals surface area contributed by atoms with E-state index in [0.717, 1.165) is 30.7 Å². The van der Waals surface area contributed by atoms with E-state index in [1.165, 1.54) is 30.5 Å². The van der Waals surface area contributed by atoms with Crippen molar-refractivity contribution in [1.29, 1.82) is 0 Å². The highest BCUT2D eigenvalue weighted by Crippen LogP contribution is 2.29. The Hall–Kier alpha value is -2.13. The summed E-state index contributed by atoms with van der Waals surface area (Å²) in [5, 5.41) is 0. The molecule has 144 valence electrons. The molecule has 0 bridgehead atoms. The third-order valence-electron chi connectivity index (χ3n) is 6.01. The van der Waals surface area contributed by atoms with Gasteiger partial charge in [0.1, 0.15) is 0 Å². The van der Waals surface area contributed by atoms with Gasteiger partial charge in [0.2, 0.25) is 5.91 Å². The first-order chi connectivity index (χ1) is 13.1. The molecule has 3 nitrogen and oxygen atoms in total. The Bertz CT molecular complexity index is 666. The molecule has 27 heavy (non-hydrogen) atoms. The van der Waals surface area contributed by atoms with Crippen LogP contribution in [0.4, 0.5) is 0 Å². The molecule has 3 rings (SSSR count). The zero-order valence-electron chi connectivity index (χ0n) is 16.8. The first kappa shape index (κ1) is 19.6. The predicted molar refractivity (Wildman–Crippen MR) is 112 cm³/mol. The summed E-state index contributed by atoms with van der Waals surface area (Å²) in [6, 6.07) is 20.9. The third-order valence-corrected chi connectivity index (χ3v) is 6.01. The van der Waals surface area contributed by atoms with Crippen molar-refractivity contribution in [2.75, 3.05) is 39.8 Å². The highest BCUT2D eigenvalue weighted by atomic mass is 16.2. The van der Waals surface area contributed by atoms with Gasteiger partial charge in [-0.05, 0) is 17.5 Å². The number of hydrogen-bond acceptors (Lipinski definition) is 1. The van der Waals surface area contributed by atoms with Gasteiger partial charge < -0.3 is 9.38 Å². The topological polar surface area (TPSA) is 20.3 Å². The van der Waals surface area contributed by atoms with Crippen molar-refractivity contribution >= 4 is 5.91 Å². The van der Waals surface area contributed by atoms with E-state index in [2.05, 4.69) is 67.4 Å². The number of likely N-dealkylation sites (N-methyl/N-ethyl adjacent to an activating group) is 1. The average Bonchev–Trinajstić information content (AvgIpc) is 2.72. The minimum absolute atomic E-state index is 0.128. The van der Waals surface area contributed by atoms with Crippen LogP contribution in [0.25, 0.3) is 0 Å². The molecule has 1 amide bonds. The molecule has 1 saturated heterocycles. The maximum atomic E-state index is 13.1. The number of quaternary nitrogens is 1. The molecule has 0 saturated carbocycles. The number of benzene rings is 2. The second-order valence-corrected chi connectivity index (χ2v) is 8.10. The van der Waals surface area contributed by atoms with Gasteiger partial charge in [0, 0.05) is 12.3 Å². The van der Waals surface area contributed by atoms with E-state index in [-0.39, 0.29) is 11.8 Å². The lowest BCUT2D eigenvalue weighted by Crippen LogP contribution is -2.58. The quantitative estimate of drug-likeness (QED) is 0.670. The van der Waals surface area contributed by atoms with E-state index in [1.54, 1.807) is 0 Å². The summed E-state index contributed by atoms with van der Waals surface area (Å²) in [6.07, 6.45) is 3.06. The Morgan fingerprint density at radius 1 is 0.963 bits per heavy atom.